The summed E-state index contributed by atoms with van der Waals surface area (Å²) in [5, 5.41) is 8.38. The zero-order valence-electron chi connectivity index (χ0n) is 10.2. The lowest BCUT2D eigenvalue weighted by Crippen LogP contribution is -2.25. The van der Waals surface area contributed by atoms with Crippen LogP contribution in [0.4, 0.5) is 0 Å². The second-order valence-corrected chi connectivity index (χ2v) is 4.94. The second kappa shape index (κ2) is 5.30. The highest BCUT2D eigenvalue weighted by Gasteiger charge is 2.28. The van der Waals surface area contributed by atoms with Gasteiger partial charge in [-0.1, -0.05) is 0 Å². The number of nitrogens with zero attached hydrogens (tertiary/aromatic N) is 3. The van der Waals surface area contributed by atoms with Crippen LogP contribution in [0.25, 0.3) is 0 Å². The molecule has 0 unspecified atom stereocenters. The van der Waals surface area contributed by atoms with Gasteiger partial charge in [-0.05, 0) is 24.2 Å². The van der Waals surface area contributed by atoms with E-state index in [1.807, 2.05) is 0 Å². The smallest absolute Gasteiger partial charge is 0.328 e. The van der Waals surface area contributed by atoms with Gasteiger partial charge in [0.2, 0.25) is 5.91 Å². The van der Waals surface area contributed by atoms with Crippen molar-refractivity contribution in [3.63, 3.8) is 0 Å². The van der Waals surface area contributed by atoms with Gasteiger partial charge >= 0.3 is 4.87 Å². The number of methoxy groups -OCH3 is 1. The van der Waals surface area contributed by atoms with Gasteiger partial charge in [-0.25, -0.2) is 10.1 Å². The van der Waals surface area contributed by atoms with Gasteiger partial charge in [-0.3, -0.25) is 9.59 Å². The van der Waals surface area contributed by atoms with Gasteiger partial charge in [0, 0.05) is 12.8 Å². The highest BCUT2D eigenvalue weighted by atomic mass is 32.1. The standard InChI is InChI=1S/C10H14N4O3S/c1-6(15)11-12-8(7-3-4-7)5-14-10(16)18-9(13-14)17-2/h7H,3-5H2,1-2H3,(H,11,15). The first-order chi connectivity index (χ1) is 8.60. The Bertz CT molecular complexity index is 529. The predicted octanol–water partition coefficient (Wildman–Crippen LogP) is 0.215. The number of nitrogens with one attached hydrogen (secondary N) is 1. The SMILES string of the molecule is COc1nn(CC(=NNC(C)=O)C2CC2)c(=O)s1. The first-order valence-corrected chi connectivity index (χ1v) is 6.36. The molecule has 0 atom stereocenters. The summed E-state index contributed by atoms with van der Waals surface area (Å²) >= 11 is 0.945. The molecule has 1 aliphatic rings. The van der Waals surface area contributed by atoms with Crippen molar-refractivity contribution in [2.45, 2.75) is 26.3 Å². The molecule has 7 nitrogen and oxygen atoms in total. The quantitative estimate of drug-likeness (QED) is 0.612. The summed E-state index contributed by atoms with van der Waals surface area (Å²) < 4.78 is 6.22. The van der Waals surface area contributed by atoms with Crippen molar-refractivity contribution < 1.29 is 9.53 Å². The number of ether oxygens (including phenoxy) is 1. The number of hydrogen-bond donors (Lipinski definition) is 1. The number of hydrogen-bond acceptors (Lipinski definition) is 6. The van der Waals surface area contributed by atoms with E-state index in [4.69, 9.17) is 4.74 Å². The fourth-order valence-corrected chi connectivity index (χ4v) is 2.03. The van der Waals surface area contributed by atoms with Crippen molar-refractivity contribution in [3.8, 4) is 5.19 Å². The van der Waals surface area contributed by atoms with E-state index >= 15 is 0 Å². The van der Waals surface area contributed by atoms with Gasteiger partial charge < -0.3 is 4.74 Å². The van der Waals surface area contributed by atoms with Crippen LogP contribution in [0, 0.1) is 5.92 Å². The van der Waals surface area contributed by atoms with Crippen LogP contribution in [-0.2, 0) is 11.3 Å². The molecule has 1 fully saturated rings. The normalized spacial score (nSPS) is 15.6. The molecule has 98 valence electrons. The van der Waals surface area contributed by atoms with E-state index < -0.39 is 0 Å². The molecule has 8 heteroatoms. The van der Waals surface area contributed by atoms with E-state index in [2.05, 4.69) is 15.6 Å². The Labute approximate surface area is 107 Å². The molecule has 1 aromatic heterocycles. The summed E-state index contributed by atoms with van der Waals surface area (Å²) in [4.78, 5) is 22.3. The molecule has 0 spiro atoms. The van der Waals surface area contributed by atoms with Gasteiger partial charge in [-0.15, -0.1) is 5.10 Å². The Hall–Kier alpha value is -1.70. The van der Waals surface area contributed by atoms with Crippen molar-refractivity contribution in [2.75, 3.05) is 7.11 Å². The first kappa shape index (κ1) is 12.7. The zero-order valence-corrected chi connectivity index (χ0v) is 11.0. The topological polar surface area (TPSA) is 85.6 Å². The fourth-order valence-electron chi connectivity index (χ4n) is 1.45. The number of aromatic nitrogens is 2. The van der Waals surface area contributed by atoms with Crippen molar-refractivity contribution >= 4 is 23.0 Å². The third-order valence-electron chi connectivity index (χ3n) is 2.48. The van der Waals surface area contributed by atoms with Crippen molar-refractivity contribution in [3.05, 3.63) is 9.67 Å². The van der Waals surface area contributed by atoms with Gasteiger partial charge in [0.25, 0.3) is 5.19 Å². The molecule has 1 heterocycles. The molecule has 0 radical (unpaired) electrons. The molecule has 18 heavy (non-hydrogen) atoms. The van der Waals surface area contributed by atoms with E-state index in [9.17, 15) is 9.59 Å². The lowest BCUT2D eigenvalue weighted by molar-refractivity contribution is -0.118. The number of carbonyl (C=O) groups excluding carboxylic acids is 1. The molecule has 2 rings (SSSR count). The number of rotatable bonds is 5. The van der Waals surface area contributed by atoms with Gasteiger partial charge in [0.15, 0.2) is 0 Å². The highest BCUT2D eigenvalue weighted by molar-refractivity contribution is 7.10. The number of hydrazone groups is 1. The second-order valence-electron chi connectivity index (χ2n) is 4.04. The zero-order chi connectivity index (χ0) is 13.1. The Balaban J connectivity index is 2.13. The lowest BCUT2D eigenvalue weighted by Gasteiger charge is -2.04. The van der Waals surface area contributed by atoms with E-state index in [1.165, 1.54) is 18.7 Å². The monoisotopic (exact) mass is 270 g/mol. The average molecular weight is 270 g/mol. The highest BCUT2D eigenvalue weighted by Crippen LogP contribution is 2.31. The Morgan fingerprint density at radius 1 is 1.67 bits per heavy atom. The molecule has 1 saturated carbocycles. The van der Waals surface area contributed by atoms with Gasteiger partial charge in [-0.2, -0.15) is 5.10 Å². The largest absolute Gasteiger partial charge is 0.472 e. The maximum absolute atomic E-state index is 11.6. The van der Waals surface area contributed by atoms with Crippen LogP contribution in [0.5, 0.6) is 5.19 Å². The Kier molecular flexibility index (Phi) is 3.75. The summed E-state index contributed by atoms with van der Waals surface area (Å²) in [6.45, 7) is 1.69. The van der Waals surface area contributed by atoms with Crippen molar-refractivity contribution in [1.82, 2.24) is 15.2 Å². The van der Waals surface area contributed by atoms with Crippen LogP contribution in [-0.4, -0.2) is 28.5 Å². The molecular weight excluding hydrogens is 256 g/mol. The van der Waals surface area contributed by atoms with Gasteiger partial charge in [0.05, 0.1) is 19.4 Å². The van der Waals surface area contributed by atoms with Crippen LogP contribution >= 0.6 is 11.3 Å². The molecule has 0 aromatic carbocycles. The number of amides is 1. The fraction of sp³-hybridized carbons (Fsp3) is 0.600. The molecule has 1 N–H and O–H groups in total. The minimum atomic E-state index is -0.226. The van der Waals surface area contributed by atoms with Crippen molar-refractivity contribution in [2.24, 2.45) is 11.0 Å². The van der Waals surface area contributed by atoms with Crippen LogP contribution in [0.2, 0.25) is 0 Å². The Morgan fingerprint density at radius 3 is 2.89 bits per heavy atom. The maximum Gasteiger partial charge on any atom is 0.328 e. The van der Waals surface area contributed by atoms with Gasteiger partial charge in [0.1, 0.15) is 0 Å². The van der Waals surface area contributed by atoms with Crippen LogP contribution in [0.1, 0.15) is 19.8 Å². The Morgan fingerprint density at radius 2 is 2.39 bits per heavy atom. The third-order valence-corrected chi connectivity index (χ3v) is 3.29. The maximum atomic E-state index is 11.6. The van der Waals surface area contributed by atoms with E-state index in [1.54, 1.807) is 0 Å². The van der Waals surface area contributed by atoms with Crippen LogP contribution in [0.15, 0.2) is 9.90 Å². The first-order valence-electron chi connectivity index (χ1n) is 5.55. The summed E-state index contributed by atoms with van der Waals surface area (Å²) in [6, 6.07) is 0. The summed E-state index contributed by atoms with van der Waals surface area (Å²) in [5.41, 5.74) is 3.18. The summed E-state index contributed by atoms with van der Waals surface area (Å²) in [6.07, 6.45) is 2.07. The molecule has 1 aromatic rings. The molecule has 0 saturated heterocycles. The predicted molar refractivity (Wildman–Crippen MR) is 66.9 cm³/mol. The third kappa shape index (κ3) is 3.16. The van der Waals surface area contributed by atoms with Crippen LogP contribution < -0.4 is 15.0 Å². The number of carbonyl (C=O) groups is 1. The minimum Gasteiger partial charge on any atom is -0.472 e. The molecule has 0 bridgehead atoms. The van der Waals surface area contributed by atoms with Crippen LogP contribution in [0.3, 0.4) is 0 Å². The molecule has 0 aliphatic heterocycles. The summed E-state index contributed by atoms with van der Waals surface area (Å²) in [5.74, 6) is 0.118. The summed E-state index contributed by atoms with van der Waals surface area (Å²) in [7, 11) is 1.47. The minimum absolute atomic E-state index is 0.192. The van der Waals surface area contributed by atoms with E-state index in [-0.39, 0.29) is 10.8 Å². The molecule has 1 aliphatic carbocycles. The molecular formula is C10H14N4O3S. The van der Waals surface area contributed by atoms with E-state index in [0.717, 1.165) is 29.9 Å². The molecule has 1 amide bonds. The average Bonchev–Trinajstić information content (AvgIpc) is 3.10. The lowest BCUT2D eigenvalue weighted by atomic mass is 10.2. The van der Waals surface area contributed by atoms with E-state index in [0.29, 0.717) is 17.7 Å². The van der Waals surface area contributed by atoms with Crippen molar-refractivity contribution in [1.29, 1.82) is 0 Å².